The minimum Gasteiger partial charge on any atom is -0.393 e. The lowest BCUT2D eigenvalue weighted by molar-refractivity contribution is -0.138. The van der Waals surface area contributed by atoms with Crippen LogP contribution in [-0.4, -0.2) is 47.3 Å². The Morgan fingerprint density at radius 3 is 2.53 bits per heavy atom. The van der Waals surface area contributed by atoms with Gasteiger partial charge in [0.2, 0.25) is 5.91 Å². The maximum atomic E-state index is 12.2. The van der Waals surface area contributed by atoms with Crippen molar-refractivity contribution in [3.05, 3.63) is 0 Å². The van der Waals surface area contributed by atoms with Gasteiger partial charge in [0.1, 0.15) is 0 Å². The number of piperidine rings is 1. The van der Waals surface area contributed by atoms with Crippen molar-refractivity contribution < 1.29 is 14.6 Å². The van der Waals surface area contributed by atoms with Crippen LogP contribution in [0.2, 0.25) is 0 Å². The molecule has 3 atom stereocenters. The molecule has 0 radical (unpaired) electrons. The largest absolute Gasteiger partial charge is 0.393 e. The van der Waals surface area contributed by atoms with Crippen LogP contribution < -0.4 is 0 Å². The van der Waals surface area contributed by atoms with E-state index in [9.17, 15) is 9.90 Å². The van der Waals surface area contributed by atoms with Crippen molar-refractivity contribution in [2.24, 2.45) is 0 Å². The number of methoxy groups -OCH3 is 1. The number of carbonyl (C=O) groups excluding carboxylic acids is 1. The van der Waals surface area contributed by atoms with Crippen LogP contribution >= 0.6 is 0 Å². The van der Waals surface area contributed by atoms with E-state index >= 15 is 0 Å². The van der Waals surface area contributed by atoms with E-state index in [2.05, 4.69) is 0 Å². The number of aliphatic hydroxyl groups is 1. The highest BCUT2D eigenvalue weighted by molar-refractivity contribution is 5.77. The molecule has 2 bridgehead atoms. The summed E-state index contributed by atoms with van der Waals surface area (Å²) in [7, 11) is 1.68. The van der Waals surface area contributed by atoms with Crippen LogP contribution in [0, 0.1) is 0 Å². The third-order valence-corrected chi connectivity index (χ3v) is 4.16. The molecule has 0 spiro atoms. The van der Waals surface area contributed by atoms with Gasteiger partial charge in [-0.1, -0.05) is 0 Å². The number of aliphatic hydroxyl groups excluding tert-OH is 1. The molecule has 2 aliphatic rings. The van der Waals surface area contributed by atoms with Crippen LogP contribution in [0.1, 0.15) is 45.4 Å². The minimum atomic E-state index is -0.200. The fourth-order valence-electron chi connectivity index (χ4n) is 3.13. The molecule has 4 nitrogen and oxygen atoms in total. The highest BCUT2D eigenvalue weighted by Gasteiger charge is 2.42. The molecule has 2 aliphatic heterocycles. The molecule has 98 valence electrons. The van der Waals surface area contributed by atoms with Crippen LogP contribution in [0.4, 0.5) is 0 Å². The zero-order valence-electron chi connectivity index (χ0n) is 10.8. The molecule has 0 saturated carbocycles. The Balaban J connectivity index is 1.88. The zero-order valence-corrected chi connectivity index (χ0v) is 10.8. The van der Waals surface area contributed by atoms with E-state index in [0.29, 0.717) is 6.42 Å². The van der Waals surface area contributed by atoms with Crippen molar-refractivity contribution in [3.8, 4) is 0 Å². The van der Waals surface area contributed by atoms with E-state index in [0.717, 1.165) is 32.1 Å². The predicted octanol–water partition coefficient (Wildman–Crippen LogP) is 1.32. The summed E-state index contributed by atoms with van der Waals surface area (Å²) in [4.78, 5) is 14.2. The highest BCUT2D eigenvalue weighted by Crippen LogP contribution is 2.36. The van der Waals surface area contributed by atoms with Crippen molar-refractivity contribution in [2.75, 3.05) is 7.11 Å². The van der Waals surface area contributed by atoms with Gasteiger partial charge in [0, 0.05) is 25.6 Å². The molecule has 0 aromatic rings. The number of fused-ring (bicyclic) bond motifs is 2. The molecule has 2 saturated heterocycles. The van der Waals surface area contributed by atoms with E-state index in [4.69, 9.17) is 4.74 Å². The SMILES string of the molecule is COC(C)CCC(=O)N1C2CCC1CC(O)C2. The summed E-state index contributed by atoms with van der Waals surface area (Å²) in [5.74, 6) is 0.244. The van der Waals surface area contributed by atoms with Gasteiger partial charge in [0.05, 0.1) is 12.2 Å². The molecule has 0 aromatic heterocycles. The van der Waals surface area contributed by atoms with E-state index < -0.39 is 0 Å². The third kappa shape index (κ3) is 2.80. The zero-order chi connectivity index (χ0) is 12.4. The number of carbonyl (C=O) groups is 1. The lowest BCUT2D eigenvalue weighted by Gasteiger charge is -2.37. The molecule has 17 heavy (non-hydrogen) atoms. The first kappa shape index (κ1) is 12.8. The molecule has 1 N–H and O–H groups in total. The quantitative estimate of drug-likeness (QED) is 0.807. The molecule has 1 amide bonds. The summed E-state index contributed by atoms with van der Waals surface area (Å²) in [5.41, 5.74) is 0. The summed E-state index contributed by atoms with van der Waals surface area (Å²) >= 11 is 0. The van der Waals surface area contributed by atoms with Gasteiger partial charge in [-0.15, -0.1) is 0 Å². The maximum absolute atomic E-state index is 12.2. The predicted molar refractivity (Wildman–Crippen MR) is 64.6 cm³/mol. The van der Waals surface area contributed by atoms with Crippen LogP contribution in [0.25, 0.3) is 0 Å². The Hall–Kier alpha value is -0.610. The first-order chi connectivity index (χ1) is 8.11. The number of rotatable bonds is 4. The van der Waals surface area contributed by atoms with Crippen molar-refractivity contribution >= 4 is 5.91 Å². The van der Waals surface area contributed by atoms with Crippen LogP contribution in [0.15, 0.2) is 0 Å². The second-order valence-electron chi connectivity index (χ2n) is 5.40. The Kier molecular flexibility index (Phi) is 4.05. The Labute approximate surface area is 103 Å². The highest BCUT2D eigenvalue weighted by atomic mass is 16.5. The molecular formula is C13H23NO3. The maximum Gasteiger partial charge on any atom is 0.223 e. The molecule has 0 aliphatic carbocycles. The standard InChI is InChI=1S/C13H23NO3/c1-9(17-2)3-6-13(16)14-10-4-5-11(14)8-12(15)7-10/h9-12,15H,3-8H2,1-2H3. The van der Waals surface area contributed by atoms with Gasteiger partial charge >= 0.3 is 0 Å². The molecule has 2 fully saturated rings. The number of nitrogens with zero attached hydrogens (tertiary/aromatic N) is 1. The lowest BCUT2D eigenvalue weighted by Crippen LogP contribution is -2.48. The van der Waals surface area contributed by atoms with Crippen LogP contribution in [0.5, 0.6) is 0 Å². The van der Waals surface area contributed by atoms with E-state index in [-0.39, 0.29) is 30.2 Å². The fraction of sp³-hybridized carbons (Fsp3) is 0.923. The van der Waals surface area contributed by atoms with Crippen molar-refractivity contribution in [2.45, 2.75) is 69.7 Å². The first-order valence-electron chi connectivity index (χ1n) is 6.63. The summed E-state index contributed by atoms with van der Waals surface area (Å²) in [6.07, 6.45) is 4.96. The molecule has 4 heteroatoms. The van der Waals surface area contributed by atoms with Gasteiger partial charge in [-0.2, -0.15) is 0 Å². The fourth-order valence-corrected chi connectivity index (χ4v) is 3.13. The van der Waals surface area contributed by atoms with Crippen molar-refractivity contribution in [3.63, 3.8) is 0 Å². The number of amides is 1. The second-order valence-corrected chi connectivity index (χ2v) is 5.40. The monoisotopic (exact) mass is 241 g/mol. The lowest BCUT2D eigenvalue weighted by atomic mass is 9.99. The molecule has 2 heterocycles. The second kappa shape index (κ2) is 5.36. The number of ether oxygens (including phenoxy) is 1. The molecule has 0 aromatic carbocycles. The summed E-state index contributed by atoms with van der Waals surface area (Å²) in [6.45, 7) is 1.99. The van der Waals surface area contributed by atoms with Gasteiger partial charge in [0.25, 0.3) is 0 Å². The van der Waals surface area contributed by atoms with E-state index in [1.54, 1.807) is 7.11 Å². The smallest absolute Gasteiger partial charge is 0.223 e. The van der Waals surface area contributed by atoms with E-state index in [1.807, 2.05) is 11.8 Å². The number of hydrogen-bond donors (Lipinski definition) is 1. The Morgan fingerprint density at radius 1 is 1.41 bits per heavy atom. The first-order valence-corrected chi connectivity index (χ1v) is 6.63. The summed E-state index contributed by atoms with van der Waals surface area (Å²) in [6, 6.07) is 0.572. The van der Waals surface area contributed by atoms with Crippen LogP contribution in [0.3, 0.4) is 0 Å². The summed E-state index contributed by atoms with van der Waals surface area (Å²) in [5, 5.41) is 9.69. The van der Waals surface area contributed by atoms with E-state index in [1.165, 1.54) is 0 Å². The van der Waals surface area contributed by atoms with Gasteiger partial charge in [0.15, 0.2) is 0 Å². The molecular weight excluding hydrogens is 218 g/mol. The van der Waals surface area contributed by atoms with Gasteiger partial charge in [-0.05, 0) is 39.0 Å². The molecule has 3 unspecified atom stereocenters. The average molecular weight is 241 g/mol. The van der Waals surface area contributed by atoms with Gasteiger partial charge in [-0.3, -0.25) is 4.79 Å². The van der Waals surface area contributed by atoms with Crippen LogP contribution in [-0.2, 0) is 9.53 Å². The Bertz CT molecular complexity index is 268. The van der Waals surface area contributed by atoms with Gasteiger partial charge in [-0.25, -0.2) is 0 Å². The average Bonchev–Trinajstić information content (AvgIpc) is 2.58. The van der Waals surface area contributed by atoms with Crippen molar-refractivity contribution in [1.82, 2.24) is 4.90 Å². The molecule has 2 rings (SSSR count). The topological polar surface area (TPSA) is 49.8 Å². The summed E-state index contributed by atoms with van der Waals surface area (Å²) < 4.78 is 5.16. The normalized spacial score (nSPS) is 33.8. The Morgan fingerprint density at radius 2 is 2.00 bits per heavy atom. The van der Waals surface area contributed by atoms with Crippen molar-refractivity contribution in [1.29, 1.82) is 0 Å². The number of hydrogen-bond acceptors (Lipinski definition) is 3. The minimum absolute atomic E-state index is 0.145. The third-order valence-electron chi connectivity index (χ3n) is 4.16. The van der Waals surface area contributed by atoms with Gasteiger partial charge < -0.3 is 14.7 Å².